The summed E-state index contributed by atoms with van der Waals surface area (Å²) in [5.74, 6) is 0. The van der Waals surface area contributed by atoms with Crippen molar-refractivity contribution in [2.24, 2.45) is 0 Å². The molecule has 0 aliphatic heterocycles. The predicted molar refractivity (Wildman–Crippen MR) is 63.6 cm³/mol. The van der Waals surface area contributed by atoms with Crippen LogP contribution in [0.15, 0.2) is 42.6 Å². The number of benzene rings is 1. The molecule has 0 aliphatic carbocycles. The van der Waals surface area contributed by atoms with Crippen molar-refractivity contribution in [2.75, 3.05) is 0 Å². The second-order valence-corrected chi connectivity index (χ2v) is 3.93. The van der Waals surface area contributed by atoms with Crippen molar-refractivity contribution in [1.82, 2.24) is 9.38 Å². The van der Waals surface area contributed by atoms with Gasteiger partial charge in [-0.15, -0.1) is 0 Å². The zero-order chi connectivity index (χ0) is 11.1. The van der Waals surface area contributed by atoms with Crippen LogP contribution in [0.4, 0.5) is 0 Å². The molecule has 2 aromatic heterocycles. The highest BCUT2D eigenvalue weighted by Crippen LogP contribution is 2.19. The number of fused-ring (bicyclic) bond motifs is 3. The molecule has 0 amide bonds. The summed E-state index contributed by atoms with van der Waals surface area (Å²) in [6.45, 7) is 0. The third-order valence-corrected chi connectivity index (χ3v) is 2.87. The molecule has 0 spiro atoms. The van der Waals surface area contributed by atoms with Gasteiger partial charge in [-0.2, -0.15) is 0 Å². The van der Waals surface area contributed by atoms with E-state index in [1.807, 2.05) is 40.9 Å². The summed E-state index contributed by atoms with van der Waals surface area (Å²) >= 11 is 6.09. The van der Waals surface area contributed by atoms with Crippen molar-refractivity contribution < 1.29 is 0 Å². The summed E-state index contributed by atoms with van der Waals surface area (Å²) in [5.41, 5.74) is 1.87. The van der Waals surface area contributed by atoms with Gasteiger partial charge in [0, 0.05) is 6.20 Å². The number of aromatic nitrogens is 2. The fourth-order valence-electron chi connectivity index (χ4n) is 1.85. The summed E-state index contributed by atoms with van der Waals surface area (Å²) in [4.78, 5) is 4.21. The first-order chi connectivity index (χ1) is 7.77. The summed E-state index contributed by atoms with van der Waals surface area (Å²) in [6, 6.07) is 11.3. The Bertz CT molecular complexity index is 746. The van der Waals surface area contributed by atoms with E-state index in [9.17, 15) is 0 Å². The first-order valence-corrected chi connectivity index (χ1v) is 5.25. The highest BCUT2D eigenvalue weighted by Gasteiger charge is 2.05. The molecule has 16 heavy (non-hydrogen) atoms. The monoisotopic (exact) mass is 229 g/mol. The Morgan fingerprint density at radius 1 is 1.12 bits per heavy atom. The Hall–Kier alpha value is -1.87. The van der Waals surface area contributed by atoms with Crippen LogP contribution in [0, 0.1) is 5.41 Å². The fraction of sp³-hybridized carbons (Fsp3) is 0. The molecule has 0 bridgehead atoms. The molecule has 0 saturated carbocycles. The molecule has 1 aromatic carbocycles. The molecule has 0 fully saturated rings. The second kappa shape index (κ2) is 3.32. The highest BCUT2D eigenvalue weighted by atomic mass is 35.5. The number of hydrogen-bond donors (Lipinski definition) is 1. The molecule has 0 saturated heterocycles. The Balaban J connectivity index is 2.71. The number of rotatable bonds is 0. The molecule has 0 aliphatic rings. The molecule has 1 N–H and O–H groups in total. The van der Waals surface area contributed by atoms with Crippen LogP contribution in [0.1, 0.15) is 0 Å². The van der Waals surface area contributed by atoms with Crippen LogP contribution in [-0.4, -0.2) is 9.38 Å². The molecule has 0 unspecified atom stereocenters. The van der Waals surface area contributed by atoms with Crippen LogP contribution in [0.2, 0.25) is 5.02 Å². The van der Waals surface area contributed by atoms with Crippen LogP contribution in [0.25, 0.3) is 16.6 Å². The van der Waals surface area contributed by atoms with Crippen LogP contribution in [-0.2, 0) is 0 Å². The molecular formula is C12H8ClN3. The molecule has 2 heterocycles. The van der Waals surface area contributed by atoms with Gasteiger partial charge in [-0.05, 0) is 24.3 Å². The first kappa shape index (κ1) is 9.36. The Kier molecular flexibility index (Phi) is 1.94. The van der Waals surface area contributed by atoms with Gasteiger partial charge in [-0.3, -0.25) is 5.41 Å². The first-order valence-electron chi connectivity index (χ1n) is 4.87. The Labute approximate surface area is 96.4 Å². The number of nitrogens with one attached hydrogen (secondary N) is 1. The average molecular weight is 230 g/mol. The van der Waals surface area contributed by atoms with Gasteiger partial charge in [-0.25, -0.2) is 4.98 Å². The van der Waals surface area contributed by atoms with Crippen molar-refractivity contribution in [2.45, 2.75) is 0 Å². The van der Waals surface area contributed by atoms with Gasteiger partial charge in [0.1, 0.15) is 5.65 Å². The van der Waals surface area contributed by atoms with Crippen molar-refractivity contribution in [3.05, 3.63) is 53.1 Å². The molecule has 0 radical (unpaired) electrons. The van der Waals surface area contributed by atoms with E-state index in [4.69, 9.17) is 17.0 Å². The van der Waals surface area contributed by atoms with Crippen molar-refractivity contribution in [3.63, 3.8) is 0 Å². The van der Waals surface area contributed by atoms with E-state index in [0.717, 1.165) is 11.2 Å². The van der Waals surface area contributed by atoms with Gasteiger partial charge in [-0.1, -0.05) is 23.7 Å². The van der Waals surface area contributed by atoms with Gasteiger partial charge >= 0.3 is 0 Å². The van der Waals surface area contributed by atoms with E-state index < -0.39 is 0 Å². The molecule has 4 heteroatoms. The van der Waals surface area contributed by atoms with E-state index >= 15 is 0 Å². The lowest BCUT2D eigenvalue weighted by Crippen LogP contribution is -2.11. The van der Waals surface area contributed by atoms with E-state index in [1.165, 1.54) is 0 Å². The summed E-state index contributed by atoms with van der Waals surface area (Å²) in [6.07, 6.45) is 1.92. The minimum atomic E-state index is 0.215. The van der Waals surface area contributed by atoms with Gasteiger partial charge in [0.2, 0.25) is 0 Å². The van der Waals surface area contributed by atoms with Gasteiger partial charge in [0.15, 0.2) is 5.49 Å². The molecule has 3 rings (SSSR count). The Morgan fingerprint density at radius 2 is 2.00 bits per heavy atom. The third-order valence-electron chi connectivity index (χ3n) is 2.55. The minimum Gasteiger partial charge on any atom is -0.301 e. The highest BCUT2D eigenvalue weighted by molar-refractivity contribution is 6.35. The van der Waals surface area contributed by atoms with Gasteiger partial charge in [0.05, 0.1) is 15.9 Å². The lowest BCUT2D eigenvalue weighted by atomic mass is 10.2. The maximum atomic E-state index is 7.88. The zero-order valence-corrected chi connectivity index (χ0v) is 9.07. The zero-order valence-electron chi connectivity index (χ0n) is 8.31. The smallest absolute Gasteiger partial charge is 0.157 e. The quantitative estimate of drug-likeness (QED) is 0.592. The van der Waals surface area contributed by atoms with Gasteiger partial charge < -0.3 is 4.40 Å². The Morgan fingerprint density at radius 3 is 2.88 bits per heavy atom. The lowest BCUT2D eigenvalue weighted by molar-refractivity contribution is 1.08. The fourth-order valence-corrected chi connectivity index (χ4v) is 2.11. The molecule has 3 aromatic rings. The summed E-state index contributed by atoms with van der Waals surface area (Å²) < 4.78 is 1.93. The van der Waals surface area contributed by atoms with E-state index in [-0.39, 0.29) is 5.49 Å². The summed E-state index contributed by atoms with van der Waals surface area (Å²) in [5, 5.41) is 9.13. The normalized spacial score (nSPS) is 11.1. The number of nitrogens with zero attached hydrogens (tertiary/aromatic N) is 2. The van der Waals surface area contributed by atoms with Crippen LogP contribution in [0.5, 0.6) is 0 Å². The topological polar surface area (TPSA) is 41.2 Å². The van der Waals surface area contributed by atoms with Crippen molar-refractivity contribution >= 4 is 28.2 Å². The maximum Gasteiger partial charge on any atom is 0.157 e. The van der Waals surface area contributed by atoms with Crippen LogP contribution >= 0.6 is 11.6 Å². The van der Waals surface area contributed by atoms with Crippen LogP contribution in [0.3, 0.4) is 0 Å². The SMILES string of the molecule is N=c1nc2ccccn2c2cccc(Cl)c12. The number of pyridine rings is 1. The minimum absolute atomic E-state index is 0.215. The van der Waals surface area contributed by atoms with Gasteiger partial charge in [0.25, 0.3) is 0 Å². The predicted octanol–water partition coefficient (Wildman–Crippen LogP) is 2.62. The lowest BCUT2D eigenvalue weighted by Gasteiger charge is -2.06. The third kappa shape index (κ3) is 1.22. The molecule has 3 nitrogen and oxygen atoms in total. The van der Waals surface area contributed by atoms with Crippen LogP contribution < -0.4 is 5.49 Å². The van der Waals surface area contributed by atoms with Crippen molar-refractivity contribution in [1.29, 1.82) is 5.41 Å². The standard InChI is InChI=1S/C12H8ClN3/c13-8-4-3-5-9-11(8)12(14)15-10-6-1-2-7-16(9)10/h1-7,14H. The molecule has 0 atom stereocenters. The summed E-state index contributed by atoms with van der Waals surface area (Å²) in [7, 11) is 0. The van der Waals surface area contributed by atoms with E-state index in [2.05, 4.69) is 4.98 Å². The number of halogens is 1. The van der Waals surface area contributed by atoms with E-state index in [0.29, 0.717) is 10.4 Å². The second-order valence-electron chi connectivity index (χ2n) is 3.52. The maximum absolute atomic E-state index is 7.88. The van der Waals surface area contributed by atoms with E-state index in [1.54, 1.807) is 6.07 Å². The molecular weight excluding hydrogens is 222 g/mol. The number of hydrogen-bond acceptors (Lipinski definition) is 2. The van der Waals surface area contributed by atoms with Crippen molar-refractivity contribution in [3.8, 4) is 0 Å². The molecule has 78 valence electrons. The average Bonchev–Trinajstić information content (AvgIpc) is 2.29. The largest absolute Gasteiger partial charge is 0.301 e.